The lowest BCUT2D eigenvalue weighted by Gasteiger charge is -2.09. The van der Waals surface area contributed by atoms with Crippen LogP contribution in [0.4, 0.5) is 0 Å². The van der Waals surface area contributed by atoms with Crippen molar-refractivity contribution in [3.63, 3.8) is 0 Å². The number of amides is 1. The van der Waals surface area contributed by atoms with E-state index in [1.807, 2.05) is 14.1 Å². The minimum Gasteiger partial charge on any atom is -0.352 e. The summed E-state index contributed by atoms with van der Waals surface area (Å²) >= 11 is 0. The van der Waals surface area contributed by atoms with Crippen LogP contribution in [0, 0.1) is 0 Å². The summed E-state index contributed by atoms with van der Waals surface area (Å²) in [5.41, 5.74) is 0.569. The van der Waals surface area contributed by atoms with Crippen molar-refractivity contribution in [3.8, 4) is 0 Å². The average Bonchev–Trinajstić information content (AvgIpc) is 1.97. The van der Waals surface area contributed by atoms with Crippen LogP contribution in [0.3, 0.4) is 0 Å². The van der Waals surface area contributed by atoms with Gasteiger partial charge in [-0.1, -0.05) is 6.58 Å². The van der Waals surface area contributed by atoms with Crippen molar-refractivity contribution >= 4 is 18.3 Å². The molecular weight excluding hydrogens is 202 g/mol. The Morgan fingerprint density at radius 1 is 1.43 bits per heavy atom. The minimum absolute atomic E-state index is 0. The van der Waals surface area contributed by atoms with Crippen LogP contribution >= 0.6 is 12.4 Å². The quantitative estimate of drug-likeness (QED) is 0.544. The van der Waals surface area contributed by atoms with Gasteiger partial charge in [0.15, 0.2) is 0 Å². The molecule has 86 valence electrons. The third-order valence-electron chi connectivity index (χ3n) is 1.46. The summed E-state index contributed by atoms with van der Waals surface area (Å²) in [6.45, 7) is 6.98. The lowest BCUT2D eigenvalue weighted by Crippen LogP contribution is -2.27. The molecule has 0 aromatic rings. The summed E-state index contributed by atoms with van der Waals surface area (Å²) < 4.78 is 0. The molecule has 0 atom stereocenters. The van der Waals surface area contributed by atoms with E-state index in [9.17, 15) is 4.79 Å². The van der Waals surface area contributed by atoms with E-state index in [0.29, 0.717) is 5.57 Å². The summed E-state index contributed by atoms with van der Waals surface area (Å²) in [5, 5.41) is 2.77. The first-order valence-electron chi connectivity index (χ1n) is 4.12. The van der Waals surface area contributed by atoms with E-state index >= 15 is 0 Å². The third-order valence-corrected chi connectivity index (χ3v) is 1.46. The molecule has 1 amide bonds. The molecule has 0 spiro atoms. The molecule has 0 aliphatic heterocycles. The Kier molecular flexibility index (Phi) is 14.3. The van der Waals surface area contributed by atoms with E-state index in [1.165, 1.54) is 0 Å². The number of carbonyl (C=O) groups excluding carboxylic acids is 1. The number of rotatable bonds is 5. The molecule has 0 aliphatic rings. The zero-order valence-corrected chi connectivity index (χ0v) is 10.1. The fraction of sp³-hybridized carbons (Fsp3) is 0.667. The number of hydrogen-bond donors (Lipinski definition) is 2. The Bertz CT molecular complexity index is 171. The molecule has 4 nitrogen and oxygen atoms in total. The van der Waals surface area contributed by atoms with Crippen LogP contribution < -0.4 is 11.5 Å². The van der Waals surface area contributed by atoms with Crippen molar-refractivity contribution in [2.45, 2.75) is 13.3 Å². The van der Waals surface area contributed by atoms with Crippen LogP contribution in [0.1, 0.15) is 13.3 Å². The van der Waals surface area contributed by atoms with Crippen molar-refractivity contribution in [3.05, 3.63) is 12.2 Å². The Morgan fingerprint density at radius 3 is 2.29 bits per heavy atom. The van der Waals surface area contributed by atoms with Gasteiger partial charge in [0.25, 0.3) is 0 Å². The van der Waals surface area contributed by atoms with Gasteiger partial charge in [-0.15, -0.1) is 12.4 Å². The first-order chi connectivity index (χ1) is 5.54. The second-order valence-corrected chi connectivity index (χ2v) is 3.19. The normalized spacial score (nSPS) is 8.57. The molecular formula is C9H22ClN3O. The lowest BCUT2D eigenvalue weighted by molar-refractivity contribution is -0.117. The minimum atomic E-state index is -0.0474. The Morgan fingerprint density at radius 2 is 1.93 bits per heavy atom. The first-order valence-corrected chi connectivity index (χ1v) is 4.12. The molecule has 0 aliphatic carbocycles. The van der Waals surface area contributed by atoms with Gasteiger partial charge in [-0.05, 0) is 34.0 Å². The van der Waals surface area contributed by atoms with Gasteiger partial charge in [-0.3, -0.25) is 4.79 Å². The monoisotopic (exact) mass is 223 g/mol. The van der Waals surface area contributed by atoms with Crippen molar-refractivity contribution in [1.82, 2.24) is 16.4 Å². The van der Waals surface area contributed by atoms with Crippen molar-refractivity contribution in [2.24, 2.45) is 0 Å². The zero-order valence-electron chi connectivity index (χ0n) is 9.30. The van der Waals surface area contributed by atoms with Gasteiger partial charge in [-0.2, -0.15) is 0 Å². The second kappa shape index (κ2) is 10.5. The SMILES string of the molecule is C=C(C)C(=O)NCCCN(C)C.Cl.N. The Hall–Kier alpha value is -0.580. The molecule has 0 aromatic heterocycles. The standard InChI is InChI=1S/C9H18N2O.ClH.H3N/c1-8(2)9(12)10-6-5-7-11(3)4;;/h1,5-7H2,2-4H3,(H,10,12);1H;1H3. The highest BCUT2D eigenvalue weighted by Gasteiger charge is 1.99. The smallest absolute Gasteiger partial charge is 0.246 e. The molecule has 0 saturated carbocycles. The predicted octanol–water partition coefficient (Wildman–Crippen LogP) is 1.21. The Balaban J connectivity index is -0.000000605. The lowest BCUT2D eigenvalue weighted by atomic mass is 10.3. The molecule has 0 saturated heterocycles. The molecule has 0 aromatic carbocycles. The molecule has 5 heteroatoms. The van der Waals surface area contributed by atoms with Crippen molar-refractivity contribution in [2.75, 3.05) is 27.2 Å². The molecule has 0 unspecified atom stereocenters. The topological polar surface area (TPSA) is 67.3 Å². The van der Waals surface area contributed by atoms with Gasteiger partial charge >= 0.3 is 0 Å². The van der Waals surface area contributed by atoms with Gasteiger partial charge in [0.1, 0.15) is 0 Å². The molecule has 0 bridgehead atoms. The summed E-state index contributed by atoms with van der Waals surface area (Å²) in [6.07, 6.45) is 0.978. The number of hydrogen-bond acceptors (Lipinski definition) is 3. The van der Waals surface area contributed by atoms with Crippen LogP contribution in [0.25, 0.3) is 0 Å². The molecule has 4 N–H and O–H groups in total. The first kappa shape index (κ1) is 19.1. The van der Waals surface area contributed by atoms with E-state index in [2.05, 4.69) is 16.8 Å². The molecule has 0 radical (unpaired) electrons. The summed E-state index contributed by atoms with van der Waals surface area (Å²) in [5.74, 6) is -0.0474. The predicted molar refractivity (Wildman–Crippen MR) is 63.3 cm³/mol. The van der Waals surface area contributed by atoms with E-state index in [0.717, 1.165) is 19.5 Å². The summed E-state index contributed by atoms with van der Waals surface area (Å²) in [6, 6.07) is 0. The number of halogens is 1. The summed E-state index contributed by atoms with van der Waals surface area (Å²) in [7, 11) is 4.03. The second-order valence-electron chi connectivity index (χ2n) is 3.19. The number of carbonyl (C=O) groups is 1. The zero-order chi connectivity index (χ0) is 9.56. The maximum Gasteiger partial charge on any atom is 0.246 e. The largest absolute Gasteiger partial charge is 0.352 e. The maximum atomic E-state index is 11.0. The van der Waals surface area contributed by atoms with Gasteiger partial charge in [0.2, 0.25) is 5.91 Å². The van der Waals surface area contributed by atoms with Gasteiger partial charge in [0, 0.05) is 12.1 Å². The van der Waals surface area contributed by atoms with Crippen LogP contribution in [0.5, 0.6) is 0 Å². The highest BCUT2D eigenvalue weighted by molar-refractivity contribution is 5.91. The number of nitrogens with zero attached hydrogens (tertiary/aromatic N) is 1. The van der Waals surface area contributed by atoms with Gasteiger partial charge < -0.3 is 16.4 Å². The maximum absolute atomic E-state index is 11.0. The Labute approximate surface area is 92.7 Å². The van der Waals surface area contributed by atoms with Crippen molar-refractivity contribution in [1.29, 1.82) is 0 Å². The molecule has 0 heterocycles. The highest BCUT2D eigenvalue weighted by atomic mass is 35.5. The van der Waals surface area contributed by atoms with Gasteiger partial charge in [0.05, 0.1) is 0 Å². The van der Waals surface area contributed by atoms with E-state index in [1.54, 1.807) is 6.92 Å². The van der Waals surface area contributed by atoms with Crippen LogP contribution in [-0.4, -0.2) is 38.0 Å². The molecule has 0 rings (SSSR count). The van der Waals surface area contributed by atoms with E-state index in [4.69, 9.17) is 0 Å². The fourth-order valence-corrected chi connectivity index (χ4v) is 0.748. The highest BCUT2D eigenvalue weighted by Crippen LogP contribution is 1.86. The van der Waals surface area contributed by atoms with E-state index in [-0.39, 0.29) is 24.5 Å². The van der Waals surface area contributed by atoms with Crippen LogP contribution in [-0.2, 0) is 4.79 Å². The number of nitrogens with one attached hydrogen (secondary N) is 1. The fourth-order valence-electron chi connectivity index (χ4n) is 0.748. The molecule has 14 heavy (non-hydrogen) atoms. The van der Waals surface area contributed by atoms with Gasteiger partial charge in [-0.25, -0.2) is 0 Å². The molecule has 0 fully saturated rings. The van der Waals surface area contributed by atoms with Crippen LogP contribution in [0.2, 0.25) is 0 Å². The summed E-state index contributed by atoms with van der Waals surface area (Å²) in [4.78, 5) is 13.1. The third kappa shape index (κ3) is 11.4. The van der Waals surface area contributed by atoms with Crippen LogP contribution in [0.15, 0.2) is 12.2 Å². The van der Waals surface area contributed by atoms with E-state index < -0.39 is 0 Å². The average molecular weight is 224 g/mol. The van der Waals surface area contributed by atoms with Crippen molar-refractivity contribution < 1.29 is 4.79 Å².